The Morgan fingerprint density at radius 3 is 2.20 bits per heavy atom. The van der Waals surface area contributed by atoms with Crippen molar-refractivity contribution in [2.75, 3.05) is 13.1 Å². The predicted octanol–water partition coefficient (Wildman–Crippen LogP) is 1.99. The van der Waals surface area contributed by atoms with E-state index in [1.807, 2.05) is 0 Å². The number of rotatable bonds is 6. The maximum atomic E-state index is 12.8. The van der Waals surface area contributed by atoms with Crippen molar-refractivity contribution in [3.05, 3.63) is 59.7 Å². The summed E-state index contributed by atoms with van der Waals surface area (Å²) in [4.78, 5) is 35.2. The fourth-order valence-corrected chi connectivity index (χ4v) is 4.72. The first-order valence-electron chi connectivity index (χ1n) is 9.41. The van der Waals surface area contributed by atoms with Crippen molar-refractivity contribution in [1.82, 2.24) is 4.31 Å². The van der Waals surface area contributed by atoms with Crippen LogP contribution in [0.5, 0.6) is 5.75 Å². The molecule has 2 aromatic rings. The van der Waals surface area contributed by atoms with Crippen molar-refractivity contribution < 1.29 is 27.5 Å². The monoisotopic (exact) mass is 430 g/mol. The number of ether oxygens (including phenoxy) is 1. The van der Waals surface area contributed by atoms with Gasteiger partial charge in [0.15, 0.2) is 5.78 Å². The number of carbonyl (C=O) groups excluding carboxylic acids is 3. The van der Waals surface area contributed by atoms with Crippen LogP contribution in [0.3, 0.4) is 0 Å². The highest BCUT2D eigenvalue weighted by Crippen LogP contribution is 2.26. The number of benzene rings is 2. The lowest BCUT2D eigenvalue weighted by Gasteiger charge is -2.30. The Labute approximate surface area is 174 Å². The number of esters is 1. The van der Waals surface area contributed by atoms with Crippen molar-refractivity contribution in [2.45, 2.75) is 24.7 Å². The third-order valence-corrected chi connectivity index (χ3v) is 6.94. The first kappa shape index (κ1) is 21.7. The number of piperidine rings is 1. The van der Waals surface area contributed by atoms with Gasteiger partial charge in [0.05, 0.1) is 10.8 Å². The normalized spacial score (nSPS) is 15.5. The highest BCUT2D eigenvalue weighted by molar-refractivity contribution is 7.89. The lowest BCUT2D eigenvalue weighted by molar-refractivity contribution is -0.140. The fourth-order valence-electron chi connectivity index (χ4n) is 3.25. The average Bonchev–Trinajstić information content (AvgIpc) is 2.74. The first-order valence-corrected chi connectivity index (χ1v) is 10.8. The molecule has 1 amide bonds. The van der Waals surface area contributed by atoms with Crippen LogP contribution in [-0.4, -0.2) is 43.5 Å². The minimum Gasteiger partial charge on any atom is -0.426 e. The summed E-state index contributed by atoms with van der Waals surface area (Å²) >= 11 is 0. The van der Waals surface area contributed by atoms with Gasteiger partial charge in [-0.15, -0.1) is 0 Å². The lowest BCUT2D eigenvalue weighted by Crippen LogP contribution is -2.41. The van der Waals surface area contributed by atoms with Gasteiger partial charge in [0.2, 0.25) is 15.9 Å². The molecule has 0 aromatic heterocycles. The van der Waals surface area contributed by atoms with Crippen LogP contribution in [-0.2, 0) is 14.8 Å². The van der Waals surface area contributed by atoms with Gasteiger partial charge in [-0.05, 0) is 50.1 Å². The van der Waals surface area contributed by atoms with Gasteiger partial charge in [-0.2, -0.15) is 4.31 Å². The Balaban J connectivity index is 1.62. The van der Waals surface area contributed by atoms with E-state index >= 15 is 0 Å². The molecule has 1 aliphatic heterocycles. The maximum absolute atomic E-state index is 12.8. The number of nitrogens with two attached hydrogens (primary N) is 1. The Hall–Kier alpha value is -3.04. The molecule has 0 bridgehead atoms. The topological polar surface area (TPSA) is 124 Å². The van der Waals surface area contributed by atoms with Crippen LogP contribution in [0.1, 0.15) is 40.5 Å². The highest BCUT2D eigenvalue weighted by atomic mass is 32.2. The number of Topliss-reactive ketones (excluding diaryl/α,β-unsaturated/α-hetero) is 1. The molecule has 0 atom stereocenters. The summed E-state index contributed by atoms with van der Waals surface area (Å²) in [5.41, 5.74) is 5.90. The third-order valence-electron chi connectivity index (χ3n) is 5.02. The van der Waals surface area contributed by atoms with Crippen LogP contribution in [0, 0.1) is 5.92 Å². The SMILES string of the molecule is CC(=O)c1ccc(S(=O)(=O)N2CCC(C(=O)Oc3cccc(C(N)=O)c3)CC2)cc1. The second-order valence-electron chi connectivity index (χ2n) is 7.07. The number of ketones is 1. The summed E-state index contributed by atoms with van der Waals surface area (Å²) in [7, 11) is -3.71. The van der Waals surface area contributed by atoms with Gasteiger partial charge in [0.25, 0.3) is 0 Å². The van der Waals surface area contributed by atoms with Crippen LogP contribution >= 0.6 is 0 Å². The molecule has 9 heteroatoms. The van der Waals surface area contributed by atoms with Gasteiger partial charge >= 0.3 is 5.97 Å². The van der Waals surface area contributed by atoms with E-state index in [4.69, 9.17) is 10.5 Å². The lowest BCUT2D eigenvalue weighted by atomic mass is 9.98. The second-order valence-corrected chi connectivity index (χ2v) is 9.01. The molecule has 2 aromatic carbocycles. The van der Waals surface area contributed by atoms with E-state index in [1.165, 1.54) is 47.6 Å². The van der Waals surface area contributed by atoms with E-state index in [0.717, 1.165) is 0 Å². The molecule has 1 aliphatic rings. The van der Waals surface area contributed by atoms with Gasteiger partial charge in [-0.1, -0.05) is 18.2 Å². The number of carbonyl (C=O) groups is 3. The highest BCUT2D eigenvalue weighted by Gasteiger charge is 2.33. The van der Waals surface area contributed by atoms with Crippen molar-refractivity contribution in [3.8, 4) is 5.75 Å². The molecule has 3 rings (SSSR count). The van der Waals surface area contributed by atoms with Gasteiger partial charge < -0.3 is 10.5 Å². The largest absolute Gasteiger partial charge is 0.426 e. The standard InChI is InChI=1S/C21H22N2O6S/c1-14(24)15-5-7-19(8-6-15)30(27,28)23-11-9-16(10-12-23)21(26)29-18-4-2-3-17(13-18)20(22)25/h2-8,13,16H,9-12H2,1H3,(H2,22,25). The number of nitrogens with zero attached hydrogens (tertiary/aromatic N) is 1. The van der Waals surface area contributed by atoms with Crippen LogP contribution in [0.4, 0.5) is 0 Å². The molecule has 1 heterocycles. The number of hydrogen-bond acceptors (Lipinski definition) is 6. The third kappa shape index (κ3) is 4.74. The number of amides is 1. The van der Waals surface area contributed by atoms with E-state index in [1.54, 1.807) is 12.1 Å². The second kappa shape index (κ2) is 8.76. The quantitative estimate of drug-likeness (QED) is 0.425. The summed E-state index contributed by atoms with van der Waals surface area (Å²) in [6.07, 6.45) is 0.637. The van der Waals surface area contributed by atoms with E-state index in [0.29, 0.717) is 18.4 Å². The molecule has 1 saturated heterocycles. The minimum atomic E-state index is -3.71. The van der Waals surface area contributed by atoms with Crippen molar-refractivity contribution >= 4 is 27.7 Å². The summed E-state index contributed by atoms with van der Waals surface area (Å²) in [5, 5.41) is 0. The van der Waals surface area contributed by atoms with Crippen molar-refractivity contribution in [3.63, 3.8) is 0 Å². The molecule has 0 saturated carbocycles. The fraction of sp³-hybridized carbons (Fsp3) is 0.286. The zero-order chi connectivity index (χ0) is 21.9. The maximum Gasteiger partial charge on any atom is 0.314 e. The van der Waals surface area contributed by atoms with Gasteiger partial charge in [0.1, 0.15) is 5.75 Å². The molecule has 158 valence electrons. The molecule has 1 fully saturated rings. The van der Waals surface area contributed by atoms with Crippen LogP contribution in [0.2, 0.25) is 0 Å². The molecule has 0 unspecified atom stereocenters. The molecule has 0 radical (unpaired) electrons. The first-order chi connectivity index (χ1) is 14.2. The van der Waals surface area contributed by atoms with E-state index in [9.17, 15) is 22.8 Å². The van der Waals surface area contributed by atoms with Gasteiger partial charge in [0, 0.05) is 24.2 Å². The minimum absolute atomic E-state index is 0.108. The molecular weight excluding hydrogens is 408 g/mol. The van der Waals surface area contributed by atoms with E-state index in [2.05, 4.69) is 0 Å². The number of hydrogen-bond donors (Lipinski definition) is 1. The molecular formula is C21H22N2O6S. The molecule has 2 N–H and O–H groups in total. The molecule has 0 aliphatic carbocycles. The Kier molecular flexibility index (Phi) is 6.33. The van der Waals surface area contributed by atoms with E-state index < -0.39 is 27.8 Å². The summed E-state index contributed by atoms with van der Waals surface area (Å²) in [6.45, 7) is 1.77. The predicted molar refractivity (Wildman–Crippen MR) is 109 cm³/mol. The zero-order valence-electron chi connectivity index (χ0n) is 16.4. The van der Waals surface area contributed by atoms with Crippen LogP contribution in [0.25, 0.3) is 0 Å². The smallest absolute Gasteiger partial charge is 0.314 e. The number of primary amides is 1. The molecule has 30 heavy (non-hydrogen) atoms. The van der Waals surface area contributed by atoms with Gasteiger partial charge in [-0.3, -0.25) is 14.4 Å². The van der Waals surface area contributed by atoms with Gasteiger partial charge in [-0.25, -0.2) is 8.42 Å². The van der Waals surface area contributed by atoms with E-state index in [-0.39, 0.29) is 35.1 Å². The zero-order valence-corrected chi connectivity index (χ0v) is 17.2. The Bertz CT molecular complexity index is 1070. The average molecular weight is 430 g/mol. The molecule has 0 spiro atoms. The van der Waals surface area contributed by atoms with Crippen molar-refractivity contribution in [2.24, 2.45) is 11.7 Å². The Morgan fingerprint density at radius 2 is 1.63 bits per heavy atom. The number of sulfonamides is 1. The van der Waals surface area contributed by atoms with Crippen molar-refractivity contribution in [1.29, 1.82) is 0 Å². The summed E-state index contributed by atoms with van der Waals surface area (Å²) < 4.78 is 32.3. The summed E-state index contributed by atoms with van der Waals surface area (Å²) in [6, 6.07) is 11.8. The summed E-state index contributed by atoms with van der Waals surface area (Å²) in [5.74, 6) is -1.47. The molecule has 8 nitrogen and oxygen atoms in total. The Morgan fingerprint density at radius 1 is 1.00 bits per heavy atom. The van der Waals surface area contributed by atoms with Crippen LogP contribution in [0.15, 0.2) is 53.4 Å². The van der Waals surface area contributed by atoms with Crippen LogP contribution < -0.4 is 10.5 Å².